The van der Waals surface area contributed by atoms with E-state index in [0.29, 0.717) is 18.1 Å². The summed E-state index contributed by atoms with van der Waals surface area (Å²) in [7, 11) is 1.61. The van der Waals surface area contributed by atoms with Crippen LogP contribution in [0.4, 0.5) is 0 Å². The minimum absolute atomic E-state index is 0.00756. The first-order chi connectivity index (χ1) is 9.52. The third-order valence-electron chi connectivity index (χ3n) is 2.87. The Labute approximate surface area is 124 Å². The van der Waals surface area contributed by atoms with Gasteiger partial charge in [0.15, 0.2) is 0 Å². The number of benzene rings is 1. The number of amides is 1. The molecule has 1 aromatic rings. The Kier molecular flexibility index (Phi) is 7.09. The number of halogens is 1. The van der Waals surface area contributed by atoms with Crippen molar-refractivity contribution in [2.45, 2.75) is 26.2 Å². The number of hydrogen-bond acceptors (Lipinski definition) is 3. The van der Waals surface area contributed by atoms with Crippen molar-refractivity contribution in [3.8, 4) is 0 Å². The van der Waals surface area contributed by atoms with Crippen molar-refractivity contribution >= 4 is 23.5 Å². The number of esters is 1. The van der Waals surface area contributed by atoms with Gasteiger partial charge < -0.3 is 9.64 Å². The van der Waals surface area contributed by atoms with Crippen LogP contribution >= 0.6 is 11.6 Å². The molecule has 0 saturated carbocycles. The highest BCUT2D eigenvalue weighted by Crippen LogP contribution is 2.12. The summed E-state index contributed by atoms with van der Waals surface area (Å²) in [6.07, 6.45) is 1.97. The van der Waals surface area contributed by atoms with Gasteiger partial charge in [0.2, 0.25) is 5.91 Å². The number of nitrogens with zero attached hydrogens (tertiary/aromatic N) is 1. The molecule has 0 aliphatic carbocycles. The third-order valence-corrected chi connectivity index (χ3v) is 3.12. The maximum absolute atomic E-state index is 11.8. The van der Waals surface area contributed by atoms with E-state index in [1.165, 1.54) is 4.90 Å². The largest absolute Gasteiger partial charge is 0.465 e. The lowest BCUT2D eigenvalue weighted by atomic mass is 10.1. The van der Waals surface area contributed by atoms with Crippen LogP contribution in [0.5, 0.6) is 0 Å². The fourth-order valence-electron chi connectivity index (χ4n) is 1.77. The predicted molar refractivity (Wildman–Crippen MR) is 78.7 cm³/mol. The number of carbonyl (C=O) groups is 2. The van der Waals surface area contributed by atoms with Gasteiger partial charge in [0, 0.05) is 18.5 Å². The Bertz CT molecular complexity index is 445. The van der Waals surface area contributed by atoms with Crippen molar-refractivity contribution in [1.29, 1.82) is 0 Å². The molecule has 1 rings (SSSR count). The van der Waals surface area contributed by atoms with Gasteiger partial charge >= 0.3 is 5.97 Å². The lowest BCUT2D eigenvalue weighted by Gasteiger charge is -2.15. The van der Waals surface area contributed by atoms with Crippen molar-refractivity contribution < 1.29 is 14.3 Å². The molecule has 0 bridgehead atoms. The number of ether oxygens (including phenoxy) is 1. The van der Waals surface area contributed by atoms with E-state index in [9.17, 15) is 9.59 Å². The number of aryl methyl sites for hydroxylation is 1. The number of likely N-dealkylation sites (N-methyl/N-ethyl adjacent to an activating group) is 1. The summed E-state index contributed by atoms with van der Waals surface area (Å²) in [6.45, 7) is 2.08. The Hall–Kier alpha value is -1.55. The van der Waals surface area contributed by atoms with E-state index in [2.05, 4.69) is 0 Å². The fourth-order valence-corrected chi connectivity index (χ4v) is 1.90. The lowest BCUT2D eigenvalue weighted by molar-refractivity contribution is -0.148. The van der Waals surface area contributed by atoms with E-state index >= 15 is 0 Å². The van der Waals surface area contributed by atoms with Crippen molar-refractivity contribution in [2.24, 2.45) is 0 Å². The summed E-state index contributed by atoms with van der Waals surface area (Å²) >= 11 is 5.81. The van der Waals surface area contributed by atoms with Gasteiger partial charge in [0.1, 0.15) is 6.54 Å². The Balaban J connectivity index is 2.28. The van der Waals surface area contributed by atoms with Gasteiger partial charge in [-0.25, -0.2) is 0 Å². The van der Waals surface area contributed by atoms with Crippen LogP contribution in [0.25, 0.3) is 0 Å². The second kappa shape index (κ2) is 8.59. The molecule has 0 unspecified atom stereocenters. The normalized spacial score (nSPS) is 10.2. The van der Waals surface area contributed by atoms with Gasteiger partial charge in [0.05, 0.1) is 6.61 Å². The Morgan fingerprint density at radius 2 is 1.90 bits per heavy atom. The van der Waals surface area contributed by atoms with Crippen LogP contribution in [0.15, 0.2) is 24.3 Å². The van der Waals surface area contributed by atoms with Gasteiger partial charge in [-0.15, -0.1) is 0 Å². The molecule has 0 fully saturated rings. The fraction of sp³-hybridized carbons (Fsp3) is 0.467. The number of rotatable bonds is 7. The quantitative estimate of drug-likeness (QED) is 0.727. The zero-order chi connectivity index (χ0) is 15.0. The Morgan fingerprint density at radius 3 is 2.50 bits per heavy atom. The molecule has 0 radical (unpaired) electrons. The van der Waals surface area contributed by atoms with Crippen LogP contribution < -0.4 is 0 Å². The molecule has 4 nitrogen and oxygen atoms in total. The molecule has 0 atom stereocenters. The van der Waals surface area contributed by atoms with Crippen LogP contribution in [0.1, 0.15) is 25.3 Å². The lowest BCUT2D eigenvalue weighted by Crippen LogP contribution is -2.32. The van der Waals surface area contributed by atoms with E-state index in [4.69, 9.17) is 16.3 Å². The molecule has 20 heavy (non-hydrogen) atoms. The zero-order valence-corrected chi connectivity index (χ0v) is 12.7. The molecular weight excluding hydrogens is 278 g/mol. The van der Waals surface area contributed by atoms with Gasteiger partial charge in [0.25, 0.3) is 0 Å². The second-order valence-electron chi connectivity index (χ2n) is 4.53. The molecule has 0 saturated heterocycles. The van der Waals surface area contributed by atoms with Gasteiger partial charge in [-0.3, -0.25) is 9.59 Å². The topological polar surface area (TPSA) is 46.6 Å². The van der Waals surface area contributed by atoms with E-state index in [1.54, 1.807) is 14.0 Å². The molecule has 0 aliphatic rings. The minimum atomic E-state index is -0.374. The first kappa shape index (κ1) is 16.5. The standard InChI is InChI=1S/C15H20ClNO3/c1-3-20-15(19)11-17(2)14(18)6-4-5-12-7-9-13(16)10-8-12/h7-10H,3-6,11H2,1-2H3. The highest BCUT2D eigenvalue weighted by Gasteiger charge is 2.13. The van der Waals surface area contributed by atoms with E-state index in [1.807, 2.05) is 24.3 Å². The van der Waals surface area contributed by atoms with Crippen LogP contribution in [-0.2, 0) is 20.7 Å². The van der Waals surface area contributed by atoms with E-state index < -0.39 is 0 Å². The van der Waals surface area contributed by atoms with E-state index in [-0.39, 0.29) is 18.4 Å². The van der Waals surface area contributed by atoms with Crippen LogP contribution in [-0.4, -0.2) is 37.0 Å². The zero-order valence-electron chi connectivity index (χ0n) is 11.9. The first-order valence-electron chi connectivity index (χ1n) is 6.67. The predicted octanol–water partition coefficient (Wildman–Crippen LogP) is 2.68. The van der Waals surface area contributed by atoms with E-state index in [0.717, 1.165) is 18.4 Å². The average molecular weight is 298 g/mol. The molecule has 0 spiro atoms. The van der Waals surface area contributed by atoms with Crippen molar-refractivity contribution in [3.63, 3.8) is 0 Å². The van der Waals surface area contributed by atoms with Gasteiger partial charge in [-0.1, -0.05) is 23.7 Å². The first-order valence-corrected chi connectivity index (χ1v) is 7.04. The average Bonchev–Trinajstić information content (AvgIpc) is 2.41. The second-order valence-corrected chi connectivity index (χ2v) is 4.97. The summed E-state index contributed by atoms with van der Waals surface area (Å²) in [5.74, 6) is -0.423. The van der Waals surface area contributed by atoms with Crippen molar-refractivity contribution in [2.75, 3.05) is 20.2 Å². The minimum Gasteiger partial charge on any atom is -0.465 e. The van der Waals surface area contributed by atoms with Crippen LogP contribution in [0.2, 0.25) is 5.02 Å². The molecular formula is C15H20ClNO3. The smallest absolute Gasteiger partial charge is 0.325 e. The molecule has 1 aromatic carbocycles. The molecule has 0 aliphatic heterocycles. The monoisotopic (exact) mass is 297 g/mol. The van der Waals surface area contributed by atoms with Crippen LogP contribution in [0.3, 0.4) is 0 Å². The molecule has 0 aromatic heterocycles. The summed E-state index contributed by atoms with van der Waals surface area (Å²) in [5, 5.41) is 0.707. The van der Waals surface area contributed by atoms with Crippen LogP contribution in [0, 0.1) is 0 Å². The number of hydrogen-bond donors (Lipinski definition) is 0. The molecule has 1 amide bonds. The maximum Gasteiger partial charge on any atom is 0.325 e. The van der Waals surface area contributed by atoms with Gasteiger partial charge in [-0.2, -0.15) is 0 Å². The highest BCUT2D eigenvalue weighted by molar-refractivity contribution is 6.30. The summed E-state index contributed by atoms with van der Waals surface area (Å²) in [4.78, 5) is 24.5. The molecule has 0 N–H and O–H groups in total. The summed E-state index contributed by atoms with van der Waals surface area (Å²) in [6, 6.07) is 7.58. The van der Waals surface area contributed by atoms with Crippen molar-refractivity contribution in [3.05, 3.63) is 34.9 Å². The summed E-state index contributed by atoms with van der Waals surface area (Å²) in [5.41, 5.74) is 1.15. The number of carbonyl (C=O) groups excluding carboxylic acids is 2. The Morgan fingerprint density at radius 1 is 1.25 bits per heavy atom. The maximum atomic E-state index is 11.8. The highest BCUT2D eigenvalue weighted by atomic mass is 35.5. The third kappa shape index (κ3) is 6.06. The SMILES string of the molecule is CCOC(=O)CN(C)C(=O)CCCc1ccc(Cl)cc1. The molecule has 110 valence electrons. The van der Waals surface area contributed by atoms with Gasteiger partial charge in [-0.05, 0) is 37.5 Å². The summed E-state index contributed by atoms with van der Waals surface area (Å²) < 4.78 is 4.80. The molecule has 0 heterocycles. The van der Waals surface area contributed by atoms with Crippen molar-refractivity contribution in [1.82, 2.24) is 4.90 Å². The molecule has 5 heteroatoms.